The third kappa shape index (κ3) is 3.86. The van der Waals surface area contributed by atoms with Gasteiger partial charge in [0.1, 0.15) is 11.5 Å². The molecule has 2 atom stereocenters. The standard InChI is InChI=1S/C18H21BrO2/c1-4-12(2)15-7-5-6-8-17(15)21-18-10-9-14(13(3)20)11-16(18)19/h5-13,20H,4H2,1-3H3/t12?,13-/m1/s1. The van der Waals surface area contributed by atoms with E-state index >= 15 is 0 Å². The zero-order valence-electron chi connectivity index (χ0n) is 12.6. The zero-order chi connectivity index (χ0) is 15.4. The molecule has 2 rings (SSSR count). The summed E-state index contributed by atoms with van der Waals surface area (Å²) >= 11 is 3.52. The van der Waals surface area contributed by atoms with Gasteiger partial charge in [-0.1, -0.05) is 38.1 Å². The van der Waals surface area contributed by atoms with Crippen molar-refractivity contribution in [1.82, 2.24) is 0 Å². The van der Waals surface area contributed by atoms with Crippen LogP contribution in [-0.2, 0) is 0 Å². The average Bonchev–Trinajstić information content (AvgIpc) is 2.49. The summed E-state index contributed by atoms with van der Waals surface area (Å²) in [6.45, 7) is 6.13. The molecule has 0 aliphatic rings. The highest BCUT2D eigenvalue weighted by Crippen LogP contribution is 2.36. The van der Waals surface area contributed by atoms with Crippen molar-refractivity contribution in [3.8, 4) is 11.5 Å². The van der Waals surface area contributed by atoms with E-state index in [2.05, 4.69) is 35.8 Å². The smallest absolute Gasteiger partial charge is 0.141 e. The van der Waals surface area contributed by atoms with E-state index in [1.807, 2.05) is 36.4 Å². The Morgan fingerprint density at radius 2 is 1.81 bits per heavy atom. The molecule has 0 bridgehead atoms. The summed E-state index contributed by atoms with van der Waals surface area (Å²) in [5, 5.41) is 9.62. The predicted molar refractivity (Wildman–Crippen MR) is 90.0 cm³/mol. The molecule has 21 heavy (non-hydrogen) atoms. The molecule has 2 aromatic carbocycles. The Kier molecular flexibility index (Phi) is 5.43. The fourth-order valence-electron chi connectivity index (χ4n) is 2.18. The van der Waals surface area contributed by atoms with Gasteiger partial charge >= 0.3 is 0 Å². The monoisotopic (exact) mass is 348 g/mol. The molecule has 2 nitrogen and oxygen atoms in total. The summed E-state index contributed by atoms with van der Waals surface area (Å²) < 4.78 is 6.92. The molecule has 0 heterocycles. The lowest BCUT2D eigenvalue weighted by Crippen LogP contribution is -1.97. The molecule has 0 spiro atoms. The molecule has 1 unspecified atom stereocenters. The van der Waals surface area contributed by atoms with E-state index in [4.69, 9.17) is 4.74 Å². The van der Waals surface area contributed by atoms with Crippen LogP contribution < -0.4 is 4.74 Å². The fourth-order valence-corrected chi connectivity index (χ4v) is 2.66. The van der Waals surface area contributed by atoms with Crippen molar-refractivity contribution in [3.63, 3.8) is 0 Å². The normalized spacial score (nSPS) is 13.8. The Morgan fingerprint density at radius 1 is 1.10 bits per heavy atom. The quantitative estimate of drug-likeness (QED) is 0.738. The Bertz CT molecular complexity index is 608. The van der Waals surface area contributed by atoms with Crippen LogP contribution in [0.4, 0.5) is 0 Å². The number of benzene rings is 2. The second-order valence-electron chi connectivity index (χ2n) is 5.32. The number of hydrogen-bond acceptors (Lipinski definition) is 2. The topological polar surface area (TPSA) is 29.5 Å². The highest BCUT2D eigenvalue weighted by molar-refractivity contribution is 9.10. The van der Waals surface area contributed by atoms with Crippen molar-refractivity contribution in [2.75, 3.05) is 0 Å². The molecular formula is C18H21BrO2. The predicted octanol–water partition coefficient (Wildman–Crippen LogP) is 5.81. The fraction of sp³-hybridized carbons (Fsp3) is 0.333. The number of aliphatic hydroxyl groups is 1. The van der Waals surface area contributed by atoms with Crippen LogP contribution in [0.1, 0.15) is 50.3 Å². The van der Waals surface area contributed by atoms with Gasteiger partial charge in [0, 0.05) is 0 Å². The maximum absolute atomic E-state index is 9.62. The number of ether oxygens (including phenoxy) is 1. The molecule has 0 amide bonds. The summed E-state index contributed by atoms with van der Waals surface area (Å²) in [7, 11) is 0. The van der Waals surface area contributed by atoms with Crippen molar-refractivity contribution in [2.24, 2.45) is 0 Å². The first-order valence-corrected chi connectivity index (χ1v) is 8.06. The first-order valence-electron chi connectivity index (χ1n) is 7.27. The van der Waals surface area contributed by atoms with Crippen LogP contribution >= 0.6 is 15.9 Å². The molecule has 0 aliphatic carbocycles. The molecule has 0 saturated carbocycles. The second kappa shape index (κ2) is 7.10. The van der Waals surface area contributed by atoms with E-state index in [0.717, 1.165) is 28.0 Å². The van der Waals surface area contributed by atoms with E-state index in [-0.39, 0.29) is 0 Å². The van der Waals surface area contributed by atoms with Crippen molar-refractivity contribution in [1.29, 1.82) is 0 Å². The first-order chi connectivity index (χ1) is 10.0. The molecule has 0 saturated heterocycles. The molecule has 112 valence electrons. The van der Waals surface area contributed by atoms with Crippen LogP contribution in [0, 0.1) is 0 Å². The molecular weight excluding hydrogens is 328 g/mol. The molecule has 3 heteroatoms. The van der Waals surface area contributed by atoms with Crippen molar-refractivity contribution >= 4 is 15.9 Å². The Morgan fingerprint density at radius 3 is 2.43 bits per heavy atom. The molecule has 1 N–H and O–H groups in total. The van der Waals surface area contributed by atoms with E-state index in [1.165, 1.54) is 5.56 Å². The lowest BCUT2D eigenvalue weighted by atomic mass is 9.98. The summed E-state index contributed by atoms with van der Waals surface area (Å²) in [6, 6.07) is 13.8. The number of rotatable bonds is 5. The van der Waals surface area contributed by atoms with Gasteiger partial charge < -0.3 is 9.84 Å². The highest BCUT2D eigenvalue weighted by atomic mass is 79.9. The van der Waals surface area contributed by atoms with Crippen LogP contribution in [0.3, 0.4) is 0 Å². The zero-order valence-corrected chi connectivity index (χ0v) is 14.2. The third-order valence-corrected chi connectivity index (χ3v) is 4.34. The molecule has 0 fully saturated rings. The van der Waals surface area contributed by atoms with Gasteiger partial charge in [0.2, 0.25) is 0 Å². The van der Waals surface area contributed by atoms with Crippen LogP contribution in [0.2, 0.25) is 0 Å². The largest absolute Gasteiger partial charge is 0.456 e. The van der Waals surface area contributed by atoms with E-state index < -0.39 is 6.10 Å². The van der Waals surface area contributed by atoms with E-state index in [0.29, 0.717) is 5.92 Å². The van der Waals surface area contributed by atoms with Gasteiger partial charge in [0.25, 0.3) is 0 Å². The lowest BCUT2D eigenvalue weighted by Gasteiger charge is -2.16. The summed E-state index contributed by atoms with van der Waals surface area (Å²) in [5.41, 5.74) is 2.08. The van der Waals surface area contributed by atoms with Gasteiger partial charge in [-0.15, -0.1) is 0 Å². The van der Waals surface area contributed by atoms with Gasteiger partial charge in [-0.25, -0.2) is 0 Å². The van der Waals surface area contributed by atoms with Gasteiger partial charge in [0.05, 0.1) is 10.6 Å². The Hall–Kier alpha value is -1.32. The number of halogens is 1. The van der Waals surface area contributed by atoms with E-state index in [9.17, 15) is 5.11 Å². The molecule has 0 aromatic heterocycles. The van der Waals surface area contributed by atoms with Gasteiger partial charge in [-0.05, 0) is 64.5 Å². The van der Waals surface area contributed by atoms with Crippen LogP contribution in [0.25, 0.3) is 0 Å². The minimum atomic E-state index is -0.484. The van der Waals surface area contributed by atoms with Crippen molar-refractivity contribution in [2.45, 2.75) is 39.2 Å². The third-order valence-electron chi connectivity index (χ3n) is 3.72. The number of aliphatic hydroxyl groups excluding tert-OH is 1. The van der Waals surface area contributed by atoms with Crippen LogP contribution in [0.5, 0.6) is 11.5 Å². The molecule has 2 aromatic rings. The Labute approximate surface area is 134 Å². The summed E-state index contributed by atoms with van der Waals surface area (Å²) in [6.07, 6.45) is 0.588. The van der Waals surface area contributed by atoms with E-state index in [1.54, 1.807) is 6.92 Å². The molecule has 0 radical (unpaired) electrons. The minimum Gasteiger partial charge on any atom is -0.456 e. The van der Waals surface area contributed by atoms with Gasteiger partial charge in [0.15, 0.2) is 0 Å². The average molecular weight is 349 g/mol. The number of para-hydroxylation sites is 1. The first kappa shape index (κ1) is 16.1. The Balaban J connectivity index is 2.30. The minimum absolute atomic E-state index is 0.455. The number of hydrogen-bond donors (Lipinski definition) is 1. The molecule has 0 aliphatic heterocycles. The summed E-state index contributed by atoms with van der Waals surface area (Å²) in [4.78, 5) is 0. The lowest BCUT2D eigenvalue weighted by molar-refractivity contribution is 0.199. The van der Waals surface area contributed by atoms with Gasteiger partial charge in [-0.3, -0.25) is 0 Å². The highest BCUT2D eigenvalue weighted by Gasteiger charge is 2.12. The second-order valence-corrected chi connectivity index (χ2v) is 6.17. The van der Waals surface area contributed by atoms with Crippen molar-refractivity contribution in [3.05, 3.63) is 58.1 Å². The summed E-state index contributed by atoms with van der Waals surface area (Å²) in [5.74, 6) is 2.10. The maximum Gasteiger partial charge on any atom is 0.141 e. The van der Waals surface area contributed by atoms with Crippen LogP contribution in [0.15, 0.2) is 46.9 Å². The SMILES string of the molecule is CCC(C)c1ccccc1Oc1ccc([C@@H](C)O)cc1Br. The van der Waals surface area contributed by atoms with Crippen molar-refractivity contribution < 1.29 is 9.84 Å². The maximum atomic E-state index is 9.62. The van der Waals surface area contributed by atoms with Gasteiger partial charge in [-0.2, -0.15) is 0 Å². The van der Waals surface area contributed by atoms with Crippen LogP contribution in [-0.4, -0.2) is 5.11 Å².